The molecule has 0 unspecified atom stereocenters. The average Bonchev–Trinajstić information content (AvgIpc) is 2.64. The lowest BCUT2D eigenvalue weighted by Crippen LogP contribution is -2.15. The van der Waals surface area contributed by atoms with Crippen LogP contribution in [0.5, 0.6) is 0 Å². The Morgan fingerprint density at radius 3 is 1.75 bits per heavy atom. The third kappa shape index (κ3) is 4.61. The zero-order valence-electron chi connectivity index (χ0n) is 14.1. The van der Waals surface area contributed by atoms with Gasteiger partial charge in [0.05, 0.1) is 15.5 Å². The van der Waals surface area contributed by atoms with Crippen LogP contribution in [0.3, 0.4) is 0 Å². The number of halogens is 2. The third-order valence-corrected chi connectivity index (χ3v) is 6.69. The number of rotatable bonds is 6. The molecule has 3 aromatic rings. The minimum absolute atomic E-state index is 0.00909. The van der Waals surface area contributed by atoms with E-state index in [1.165, 1.54) is 66.7 Å². The highest BCUT2D eigenvalue weighted by Gasteiger charge is 2.18. The van der Waals surface area contributed by atoms with Gasteiger partial charge in [-0.05, 0) is 60.7 Å². The molecule has 0 aliphatic heterocycles. The van der Waals surface area contributed by atoms with Crippen molar-refractivity contribution >= 4 is 43.0 Å². The van der Waals surface area contributed by atoms with Gasteiger partial charge in [-0.25, -0.2) is 21.2 Å². The first kappa shape index (κ1) is 20.1. The lowest BCUT2D eigenvalue weighted by atomic mass is 10.3. The summed E-state index contributed by atoms with van der Waals surface area (Å²) >= 11 is 5.75. The maximum absolute atomic E-state index is 13.7. The van der Waals surface area contributed by atoms with Crippen LogP contribution >= 0.6 is 11.6 Å². The molecule has 0 aromatic heterocycles. The molecule has 0 spiro atoms. The number of sulfonamides is 2. The molecule has 0 heterocycles. The highest BCUT2D eigenvalue weighted by molar-refractivity contribution is 7.93. The number of hydrogen-bond acceptors (Lipinski definition) is 4. The van der Waals surface area contributed by atoms with Gasteiger partial charge in [-0.2, -0.15) is 0 Å². The van der Waals surface area contributed by atoms with Crippen LogP contribution in [0.25, 0.3) is 0 Å². The van der Waals surface area contributed by atoms with Crippen molar-refractivity contribution in [2.75, 3.05) is 9.44 Å². The van der Waals surface area contributed by atoms with Gasteiger partial charge >= 0.3 is 0 Å². The fraction of sp³-hybridized carbons (Fsp3) is 0. The second kappa shape index (κ2) is 7.78. The molecule has 0 aliphatic carbocycles. The van der Waals surface area contributed by atoms with Gasteiger partial charge < -0.3 is 0 Å². The van der Waals surface area contributed by atoms with E-state index in [4.69, 9.17) is 11.6 Å². The molecule has 0 saturated heterocycles. The van der Waals surface area contributed by atoms with E-state index in [0.717, 1.165) is 6.07 Å². The van der Waals surface area contributed by atoms with Crippen molar-refractivity contribution in [1.82, 2.24) is 0 Å². The minimum atomic E-state index is -4.04. The van der Waals surface area contributed by atoms with Gasteiger partial charge in [-0.1, -0.05) is 23.7 Å². The van der Waals surface area contributed by atoms with E-state index < -0.39 is 25.9 Å². The van der Waals surface area contributed by atoms with Gasteiger partial charge in [0, 0.05) is 10.7 Å². The normalized spacial score (nSPS) is 11.8. The predicted molar refractivity (Wildman–Crippen MR) is 106 cm³/mol. The first-order valence-corrected chi connectivity index (χ1v) is 11.2. The Morgan fingerprint density at radius 2 is 1.18 bits per heavy atom. The molecule has 146 valence electrons. The SMILES string of the molecule is O=S(=O)(Nc1ccc(S(=O)(=O)Nc2ccccc2F)cc1)c1ccc(Cl)cc1. The first-order valence-electron chi connectivity index (χ1n) is 7.83. The Bertz CT molecular complexity index is 1200. The van der Waals surface area contributed by atoms with Gasteiger partial charge in [0.2, 0.25) is 0 Å². The molecule has 28 heavy (non-hydrogen) atoms. The molecule has 0 fully saturated rings. The molecule has 10 heteroatoms. The second-order valence-corrected chi connectivity index (χ2v) is 9.47. The van der Waals surface area contributed by atoms with Gasteiger partial charge in [0.25, 0.3) is 20.0 Å². The van der Waals surface area contributed by atoms with Crippen molar-refractivity contribution in [2.45, 2.75) is 9.79 Å². The molecule has 2 N–H and O–H groups in total. The molecule has 6 nitrogen and oxygen atoms in total. The Kier molecular flexibility index (Phi) is 5.59. The quantitative estimate of drug-likeness (QED) is 0.604. The molecule has 3 aromatic carbocycles. The van der Waals surface area contributed by atoms with E-state index in [1.54, 1.807) is 0 Å². The monoisotopic (exact) mass is 440 g/mol. The summed E-state index contributed by atoms with van der Waals surface area (Å²) in [5.41, 5.74) is -0.0187. The molecule has 3 rings (SSSR count). The number of anilines is 2. The highest BCUT2D eigenvalue weighted by atomic mass is 35.5. The lowest BCUT2D eigenvalue weighted by Gasteiger charge is -2.11. The summed E-state index contributed by atoms with van der Waals surface area (Å²) < 4.78 is 67.6. The Labute approximate surface area is 167 Å². The fourth-order valence-corrected chi connectivity index (χ4v) is 4.53. The molecule has 0 radical (unpaired) electrons. The Morgan fingerprint density at radius 1 is 0.679 bits per heavy atom. The molecular formula is C18H14ClFN2O4S2. The number of hydrogen-bond donors (Lipinski definition) is 2. The van der Waals surface area contributed by atoms with E-state index in [0.29, 0.717) is 5.02 Å². The van der Waals surface area contributed by atoms with Crippen LogP contribution < -0.4 is 9.44 Å². The third-order valence-electron chi connectivity index (χ3n) is 3.66. The zero-order chi connectivity index (χ0) is 20.4. The molecule has 0 saturated carbocycles. The number of benzene rings is 3. The van der Waals surface area contributed by atoms with Crippen molar-refractivity contribution in [2.24, 2.45) is 0 Å². The highest BCUT2D eigenvalue weighted by Crippen LogP contribution is 2.22. The smallest absolute Gasteiger partial charge is 0.261 e. The number of nitrogens with one attached hydrogen (secondary N) is 2. The van der Waals surface area contributed by atoms with Crippen molar-refractivity contribution in [3.63, 3.8) is 0 Å². The summed E-state index contributed by atoms with van der Waals surface area (Å²) in [4.78, 5) is -0.139. The second-order valence-electron chi connectivity index (χ2n) is 5.67. The van der Waals surface area contributed by atoms with Crippen molar-refractivity contribution in [1.29, 1.82) is 0 Å². The first-order chi connectivity index (χ1) is 13.2. The zero-order valence-corrected chi connectivity index (χ0v) is 16.5. The summed E-state index contributed by atoms with van der Waals surface area (Å²) in [5, 5.41) is 0.399. The summed E-state index contributed by atoms with van der Waals surface area (Å²) in [6, 6.07) is 16.0. The summed E-state index contributed by atoms with van der Waals surface area (Å²) in [6.45, 7) is 0. The van der Waals surface area contributed by atoms with Crippen LogP contribution in [-0.4, -0.2) is 16.8 Å². The van der Waals surface area contributed by atoms with Gasteiger partial charge in [0.1, 0.15) is 5.82 Å². The van der Waals surface area contributed by atoms with Crippen LogP contribution in [0, 0.1) is 5.82 Å². The van der Waals surface area contributed by atoms with Crippen LogP contribution in [0.15, 0.2) is 82.6 Å². The van der Waals surface area contributed by atoms with Crippen LogP contribution in [-0.2, 0) is 20.0 Å². The molecular weight excluding hydrogens is 427 g/mol. The van der Waals surface area contributed by atoms with E-state index in [1.807, 2.05) is 0 Å². The van der Waals surface area contributed by atoms with Crippen molar-refractivity contribution in [3.8, 4) is 0 Å². The van der Waals surface area contributed by atoms with Crippen LogP contribution in [0.4, 0.5) is 15.8 Å². The van der Waals surface area contributed by atoms with E-state index in [9.17, 15) is 21.2 Å². The molecule has 0 amide bonds. The predicted octanol–water partition coefficient (Wildman–Crippen LogP) is 4.08. The summed E-state index contributed by atoms with van der Waals surface area (Å²) in [7, 11) is -7.89. The summed E-state index contributed by atoms with van der Waals surface area (Å²) in [5.74, 6) is -0.710. The Hall–Kier alpha value is -2.62. The van der Waals surface area contributed by atoms with Crippen LogP contribution in [0.1, 0.15) is 0 Å². The average molecular weight is 441 g/mol. The lowest BCUT2D eigenvalue weighted by molar-refractivity contribution is 0.598. The maximum Gasteiger partial charge on any atom is 0.261 e. The van der Waals surface area contributed by atoms with Gasteiger partial charge in [0.15, 0.2) is 0 Å². The molecule has 0 bridgehead atoms. The van der Waals surface area contributed by atoms with Crippen molar-refractivity contribution < 1.29 is 21.2 Å². The van der Waals surface area contributed by atoms with E-state index in [2.05, 4.69) is 9.44 Å². The largest absolute Gasteiger partial charge is 0.280 e. The maximum atomic E-state index is 13.7. The van der Waals surface area contributed by atoms with Crippen molar-refractivity contribution in [3.05, 3.63) is 83.6 Å². The van der Waals surface area contributed by atoms with Crippen LogP contribution in [0.2, 0.25) is 5.02 Å². The fourth-order valence-electron chi connectivity index (χ4n) is 2.28. The van der Waals surface area contributed by atoms with E-state index >= 15 is 0 Å². The topological polar surface area (TPSA) is 92.3 Å². The standard InChI is InChI=1S/C18H14ClFN2O4S2/c19-13-5-9-15(10-6-13)27(23,24)21-14-7-11-16(12-8-14)28(25,26)22-18-4-2-1-3-17(18)20/h1-12,21-22H. The number of para-hydroxylation sites is 1. The Balaban J connectivity index is 1.79. The van der Waals surface area contributed by atoms with E-state index in [-0.39, 0.29) is 21.2 Å². The molecule has 0 atom stereocenters. The summed E-state index contributed by atoms with van der Waals surface area (Å²) in [6.07, 6.45) is 0. The van der Waals surface area contributed by atoms with Gasteiger partial charge in [-0.15, -0.1) is 0 Å². The van der Waals surface area contributed by atoms with Gasteiger partial charge in [-0.3, -0.25) is 9.44 Å². The minimum Gasteiger partial charge on any atom is -0.280 e. The molecule has 0 aliphatic rings.